The molecule has 3 heterocycles. The van der Waals surface area contributed by atoms with Crippen LogP contribution in [-0.2, 0) is 24.2 Å². The molecular formula is C27H34N6O3S. The second kappa shape index (κ2) is 11.1. The van der Waals surface area contributed by atoms with Gasteiger partial charge in [-0.1, -0.05) is 0 Å². The number of anilines is 2. The van der Waals surface area contributed by atoms with E-state index < -0.39 is 0 Å². The number of nitrogens with zero attached hydrogens (tertiary/aromatic N) is 5. The summed E-state index contributed by atoms with van der Waals surface area (Å²) in [5, 5.41) is 14.1. The highest BCUT2D eigenvalue weighted by molar-refractivity contribution is 7.19. The monoisotopic (exact) mass is 522 g/mol. The Bertz CT molecular complexity index is 1320. The van der Waals surface area contributed by atoms with Gasteiger partial charge in [0.2, 0.25) is 5.91 Å². The van der Waals surface area contributed by atoms with Crippen molar-refractivity contribution in [3.63, 3.8) is 0 Å². The highest BCUT2D eigenvalue weighted by Crippen LogP contribution is 2.42. The van der Waals surface area contributed by atoms with Crippen LogP contribution in [0.3, 0.4) is 0 Å². The number of aliphatic imine (C=N–C) groups is 1. The molecule has 0 fully saturated rings. The molecule has 0 unspecified atom stereocenters. The van der Waals surface area contributed by atoms with Crippen LogP contribution in [0, 0.1) is 5.92 Å². The van der Waals surface area contributed by atoms with Crippen LogP contribution in [0.25, 0.3) is 10.2 Å². The first-order chi connectivity index (χ1) is 18.0. The van der Waals surface area contributed by atoms with Gasteiger partial charge in [0.05, 0.1) is 31.3 Å². The first-order valence-electron chi connectivity index (χ1n) is 12.8. The number of rotatable bonds is 10. The molecule has 3 aromatic rings. The van der Waals surface area contributed by atoms with Crippen molar-refractivity contribution in [2.45, 2.75) is 32.2 Å². The maximum absolute atomic E-state index is 13.4. The number of ether oxygens (including phenoxy) is 1. The number of nitrogens with one attached hydrogen (secondary N) is 1. The molecular weight excluding hydrogens is 488 g/mol. The standard InChI is InChI=1S/C27H34N6O3S/c1-32(2)7-4-8-33(9-10-34)27(35)17-5-6-20-23(13-17)37-26-24(20)25(29-16-30-26)31-21-11-18-14-28-15-19(18)12-22(21)36-3/h11-12,14,16-17,34H,4-10,13,15H2,1-3H3,(H,29,30,31)/t17-/m0/s1. The van der Waals surface area contributed by atoms with Gasteiger partial charge in [-0.2, -0.15) is 0 Å². The van der Waals surface area contributed by atoms with E-state index in [1.165, 1.54) is 10.4 Å². The third-order valence-corrected chi connectivity index (χ3v) is 8.28. The number of carbonyl (C=O) groups excluding carboxylic acids is 1. The second-order valence-electron chi connectivity index (χ2n) is 9.90. The molecule has 2 aliphatic rings. The smallest absolute Gasteiger partial charge is 0.226 e. The first-order valence-corrected chi connectivity index (χ1v) is 13.6. The minimum absolute atomic E-state index is 0.0167. The van der Waals surface area contributed by atoms with E-state index in [4.69, 9.17) is 4.74 Å². The summed E-state index contributed by atoms with van der Waals surface area (Å²) in [5.74, 6) is 1.58. The summed E-state index contributed by atoms with van der Waals surface area (Å²) in [7, 11) is 5.73. The third-order valence-electron chi connectivity index (χ3n) is 7.12. The molecule has 1 amide bonds. The summed E-state index contributed by atoms with van der Waals surface area (Å²) in [6.45, 7) is 2.62. The summed E-state index contributed by atoms with van der Waals surface area (Å²) in [6, 6.07) is 4.08. The van der Waals surface area contributed by atoms with Crippen molar-refractivity contribution in [1.29, 1.82) is 0 Å². The van der Waals surface area contributed by atoms with Gasteiger partial charge in [-0.15, -0.1) is 11.3 Å². The molecule has 9 nitrogen and oxygen atoms in total. The van der Waals surface area contributed by atoms with Gasteiger partial charge >= 0.3 is 0 Å². The summed E-state index contributed by atoms with van der Waals surface area (Å²) < 4.78 is 5.65. The number of aryl methyl sites for hydroxylation is 1. The van der Waals surface area contributed by atoms with Crippen LogP contribution >= 0.6 is 11.3 Å². The highest BCUT2D eigenvalue weighted by Gasteiger charge is 2.31. The predicted octanol–water partition coefficient (Wildman–Crippen LogP) is 3.25. The largest absolute Gasteiger partial charge is 0.495 e. The summed E-state index contributed by atoms with van der Waals surface area (Å²) >= 11 is 1.65. The van der Waals surface area contributed by atoms with Crippen molar-refractivity contribution in [1.82, 2.24) is 19.8 Å². The van der Waals surface area contributed by atoms with Crippen molar-refractivity contribution in [3.05, 3.63) is 40.0 Å². The zero-order chi connectivity index (χ0) is 25.9. The number of amides is 1. The van der Waals surface area contributed by atoms with E-state index in [2.05, 4.69) is 31.2 Å². The first kappa shape index (κ1) is 25.6. The van der Waals surface area contributed by atoms with Crippen LogP contribution in [0.2, 0.25) is 0 Å². The Hall–Kier alpha value is -3.08. The van der Waals surface area contributed by atoms with E-state index >= 15 is 0 Å². The summed E-state index contributed by atoms with van der Waals surface area (Å²) in [4.78, 5) is 33.0. The Kier molecular flexibility index (Phi) is 7.68. The van der Waals surface area contributed by atoms with Gasteiger partial charge in [-0.25, -0.2) is 9.97 Å². The number of benzene rings is 1. The fraction of sp³-hybridized carbons (Fsp3) is 0.481. The number of aliphatic hydroxyl groups excluding tert-OH is 1. The fourth-order valence-corrected chi connectivity index (χ4v) is 6.50. The van der Waals surface area contributed by atoms with Crippen molar-refractivity contribution in [3.8, 4) is 5.75 Å². The molecule has 0 radical (unpaired) electrons. The fourth-order valence-electron chi connectivity index (χ4n) is 5.24. The van der Waals surface area contributed by atoms with Gasteiger partial charge in [0.25, 0.3) is 0 Å². The van der Waals surface area contributed by atoms with Gasteiger partial charge in [0, 0.05) is 30.1 Å². The normalized spacial score (nSPS) is 16.2. The van der Waals surface area contributed by atoms with Crippen LogP contribution in [0.15, 0.2) is 23.5 Å². The number of fused-ring (bicyclic) bond motifs is 4. The average Bonchev–Trinajstić information content (AvgIpc) is 3.50. The van der Waals surface area contributed by atoms with Gasteiger partial charge in [0.15, 0.2) is 0 Å². The van der Waals surface area contributed by atoms with Gasteiger partial charge in [-0.05, 0) is 75.1 Å². The SMILES string of the molecule is COc1cc2c(cc1Nc1ncnc3sc4c(c13)CC[C@H](C(=O)N(CCO)CCCN(C)C)C4)C=NC2. The van der Waals surface area contributed by atoms with Crippen molar-refractivity contribution < 1.29 is 14.6 Å². The second-order valence-corrected chi connectivity index (χ2v) is 11.0. The maximum atomic E-state index is 13.4. The number of hydrogen-bond acceptors (Lipinski definition) is 9. The lowest BCUT2D eigenvalue weighted by Gasteiger charge is -2.29. The highest BCUT2D eigenvalue weighted by atomic mass is 32.1. The number of aliphatic hydroxyl groups is 1. The molecule has 5 rings (SSSR count). The number of hydrogen-bond donors (Lipinski definition) is 2. The van der Waals surface area contributed by atoms with Crippen LogP contribution in [0.1, 0.15) is 34.4 Å². The lowest BCUT2D eigenvalue weighted by molar-refractivity contribution is -0.136. The molecule has 0 spiro atoms. The number of carbonyl (C=O) groups is 1. The third kappa shape index (κ3) is 5.32. The molecule has 0 bridgehead atoms. The van der Waals surface area contributed by atoms with Crippen molar-refractivity contribution in [2.24, 2.45) is 10.9 Å². The minimum atomic E-state index is -0.0769. The van der Waals surface area contributed by atoms with Crippen LogP contribution < -0.4 is 10.1 Å². The molecule has 10 heteroatoms. The van der Waals surface area contributed by atoms with E-state index in [1.807, 2.05) is 31.3 Å². The summed E-state index contributed by atoms with van der Waals surface area (Å²) in [5.41, 5.74) is 4.31. The number of aromatic nitrogens is 2. The van der Waals surface area contributed by atoms with E-state index in [1.54, 1.807) is 24.8 Å². The topological polar surface area (TPSA) is 103 Å². The molecule has 196 valence electrons. The van der Waals surface area contributed by atoms with E-state index in [0.717, 1.165) is 64.4 Å². The molecule has 1 aromatic carbocycles. The predicted molar refractivity (Wildman–Crippen MR) is 147 cm³/mol. The Labute approximate surface area is 221 Å². The Morgan fingerprint density at radius 1 is 1.24 bits per heavy atom. The van der Waals surface area contributed by atoms with E-state index in [0.29, 0.717) is 26.1 Å². The van der Waals surface area contributed by atoms with Gasteiger partial charge in [0.1, 0.15) is 22.7 Å². The lowest BCUT2D eigenvalue weighted by atomic mass is 9.86. The molecule has 2 aromatic heterocycles. The Morgan fingerprint density at radius 3 is 2.89 bits per heavy atom. The molecule has 2 N–H and O–H groups in total. The van der Waals surface area contributed by atoms with Crippen LogP contribution in [0.4, 0.5) is 11.5 Å². The molecule has 1 aliphatic carbocycles. The summed E-state index contributed by atoms with van der Waals surface area (Å²) in [6.07, 6.45) is 6.64. The lowest BCUT2D eigenvalue weighted by Crippen LogP contribution is -2.41. The molecule has 0 saturated heterocycles. The zero-order valence-electron chi connectivity index (χ0n) is 21.7. The maximum Gasteiger partial charge on any atom is 0.226 e. The van der Waals surface area contributed by atoms with E-state index in [9.17, 15) is 9.90 Å². The van der Waals surface area contributed by atoms with Crippen LogP contribution in [-0.4, -0.2) is 84.4 Å². The minimum Gasteiger partial charge on any atom is -0.495 e. The van der Waals surface area contributed by atoms with E-state index in [-0.39, 0.29) is 18.4 Å². The molecule has 0 saturated carbocycles. The Balaban J connectivity index is 1.38. The average molecular weight is 523 g/mol. The molecule has 1 atom stereocenters. The van der Waals surface area contributed by atoms with Gasteiger partial charge < -0.3 is 25.0 Å². The van der Waals surface area contributed by atoms with Gasteiger partial charge in [-0.3, -0.25) is 9.79 Å². The Morgan fingerprint density at radius 2 is 2.11 bits per heavy atom. The molecule has 37 heavy (non-hydrogen) atoms. The quantitative estimate of drug-likeness (QED) is 0.421. The number of thiophene rings is 1. The zero-order valence-corrected chi connectivity index (χ0v) is 22.5. The van der Waals surface area contributed by atoms with Crippen molar-refractivity contribution >= 4 is 45.2 Å². The van der Waals surface area contributed by atoms with Crippen LogP contribution in [0.5, 0.6) is 5.75 Å². The molecule has 1 aliphatic heterocycles. The van der Waals surface area contributed by atoms with Crippen molar-refractivity contribution in [2.75, 3.05) is 52.8 Å². The number of methoxy groups -OCH3 is 1.